The maximum Gasteiger partial charge on any atom is 0.285 e. The van der Waals surface area contributed by atoms with Crippen LogP contribution in [0.4, 0.5) is 0 Å². The predicted octanol–water partition coefficient (Wildman–Crippen LogP) is 1.90. The number of nitrogens with zero attached hydrogens (tertiary/aromatic N) is 2. The fourth-order valence-electron chi connectivity index (χ4n) is 4.46. The Bertz CT molecular complexity index is 1370. The highest BCUT2D eigenvalue weighted by Gasteiger charge is 2.12. The summed E-state index contributed by atoms with van der Waals surface area (Å²) >= 11 is 0. The van der Waals surface area contributed by atoms with Gasteiger partial charge in [-0.25, -0.2) is 0 Å². The molecule has 0 aliphatic carbocycles. The fourth-order valence-corrected chi connectivity index (χ4v) is 4.46. The van der Waals surface area contributed by atoms with Crippen molar-refractivity contribution in [3.8, 4) is 22.6 Å². The van der Waals surface area contributed by atoms with E-state index in [0.29, 0.717) is 45.4 Å². The van der Waals surface area contributed by atoms with Gasteiger partial charge >= 0.3 is 0 Å². The zero-order valence-electron chi connectivity index (χ0n) is 25.2. The number of rotatable bonds is 18. The highest BCUT2D eigenvalue weighted by Crippen LogP contribution is 2.18. The second kappa shape index (κ2) is 17.8. The van der Waals surface area contributed by atoms with Crippen molar-refractivity contribution < 1.29 is 37.1 Å². The van der Waals surface area contributed by atoms with Crippen LogP contribution in [-0.4, -0.2) is 49.8 Å². The van der Waals surface area contributed by atoms with E-state index in [1.54, 1.807) is 21.7 Å². The first-order valence-corrected chi connectivity index (χ1v) is 15.1. The molecule has 0 saturated carbocycles. The lowest BCUT2D eigenvalue weighted by Gasteiger charge is -2.07. The number of amides is 4. The molecule has 4 aromatic rings. The van der Waals surface area contributed by atoms with Gasteiger partial charge in [0.15, 0.2) is 24.8 Å². The van der Waals surface area contributed by atoms with Gasteiger partial charge in [-0.3, -0.25) is 19.2 Å². The molecule has 0 spiro atoms. The number of nitrogens with one attached hydrogen (secondary N) is 4. The molecule has 0 radical (unpaired) electrons. The summed E-state index contributed by atoms with van der Waals surface area (Å²) in [6.07, 6.45) is 12.7. The molecule has 0 aromatic carbocycles. The summed E-state index contributed by atoms with van der Waals surface area (Å²) in [7, 11) is 0. The molecular formula is C33H40N6O6+2. The highest BCUT2D eigenvalue weighted by molar-refractivity contribution is 5.79. The van der Waals surface area contributed by atoms with E-state index >= 15 is 0 Å². The van der Waals surface area contributed by atoms with Crippen molar-refractivity contribution >= 4 is 23.6 Å². The predicted molar refractivity (Wildman–Crippen MR) is 164 cm³/mol. The summed E-state index contributed by atoms with van der Waals surface area (Å²) in [5.74, 6) is 1.06. The van der Waals surface area contributed by atoms with Gasteiger partial charge in [-0.05, 0) is 43.5 Å². The quantitative estimate of drug-likeness (QED) is 0.0991. The van der Waals surface area contributed by atoms with Gasteiger partial charge in [0.1, 0.15) is 11.5 Å². The molecule has 4 N–H and O–H groups in total. The molecule has 0 aliphatic heterocycles. The van der Waals surface area contributed by atoms with E-state index in [0.717, 1.165) is 22.6 Å². The molecule has 4 aromatic heterocycles. The molecule has 12 heteroatoms. The van der Waals surface area contributed by atoms with Gasteiger partial charge in [0.25, 0.3) is 11.8 Å². The van der Waals surface area contributed by atoms with Crippen LogP contribution < -0.4 is 30.4 Å². The Labute approximate surface area is 261 Å². The largest absolute Gasteiger partial charge is 0.464 e. The Morgan fingerprint density at radius 1 is 0.511 bits per heavy atom. The van der Waals surface area contributed by atoms with E-state index in [4.69, 9.17) is 8.83 Å². The summed E-state index contributed by atoms with van der Waals surface area (Å²) in [5, 5.41) is 11.3. The third kappa shape index (κ3) is 11.7. The molecule has 0 saturated heterocycles. The summed E-state index contributed by atoms with van der Waals surface area (Å²) in [6.45, 7) is 2.18. The van der Waals surface area contributed by atoms with Gasteiger partial charge in [-0.2, -0.15) is 9.13 Å². The third-order valence-electron chi connectivity index (χ3n) is 6.85. The molecule has 0 fully saturated rings. The van der Waals surface area contributed by atoms with Crippen LogP contribution in [0.5, 0.6) is 0 Å². The van der Waals surface area contributed by atoms with Crippen molar-refractivity contribution in [3.63, 3.8) is 0 Å². The van der Waals surface area contributed by atoms with Crippen molar-refractivity contribution in [2.45, 2.75) is 45.2 Å². The normalized spacial score (nSPS) is 10.7. The molecule has 4 amide bonds. The van der Waals surface area contributed by atoms with Crippen LogP contribution >= 0.6 is 0 Å². The summed E-state index contributed by atoms with van der Waals surface area (Å²) in [5.41, 5.74) is 1.87. The van der Waals surface area contributed by atoms with E-state index in [2.05, 4.69) is 21.3 Å². The Balaban J connectivity index is 0.951. The number of furan rings is 2. The van der Waals surface area contributed by atoms with Crippen molar-refractivity contribution in [1.82, 2.24) is 21.3 Å². The first-order chi connectivity index (χ1) is 22.0. The monoisotopic (exact) mass is 616 g/mol. The summed E-state index contributed by atoms with van der Waals surface area (Å²) < 4.78 is 14.3. The van der Waals surface area contributed by atoms with Gasteiger partial charge < -0.3 is 30.1 Å². The van der Waals surface area contributed by atoms with Crippen molar-refractivity contribution in [3.05, 3.63) is 85.8 Å². The summed E-state index contributed by atoms with van der Waals surface area (Å²) in [6, 6.07) is 15.0. The Morgan fingerprint density at radius 3 is 1.24 bits per heavy atom. The lowest BCUT2D eigenvalue weighted by Crippen LogP contribution is -2.42. The zero-order valence-corrected chi connectivity index (χ0v) is 25.2. The van der Waals surface area contributed by atoms with E-state index in [1.807, 2.05) is 73.3 Å². The highest BCUT2D eigenvalue weighted by atomic mass is 16.3. The van der Waals surface area contributed by atoms with Crippen LogP contribution in [0.1, 0.15) is 32.1 Å². The van der Waals surface area contributed by atoms with Gasteiger partial charge in [-0.1, -0.05) is 0 Å². The molecule has 0 bridgehead atoms. The van der Waals surface area contributed by atoms with Crippen LogP contribution in [0.25, 0.3) is 22.6 Å². The number of hydrogen-bond acceptors (Lipinski definition) is 6. The molecule has 4 heterocycles. The molecule has 0 aliphatic rings. The second-order valence-electron chi connectivity index (χ2n) is 10.4. The van der Waals surface area contributed by atoms with E-state index < -0.39 is 0 Å². The van der Waals surface area contributed by atoms with E-state index in [1.165, 1.54) is 0 Å². The first kappa shape index (κ1) is 32.6. The minimum atomic E-state index is -0.127. The Kier molecular flexibility index (Phi) is 12.9. The average molecular weight is 617 g/mol. The van der Waals surface area contributed by atoms with Crippen molar-refractivity contribution in [1.29, 1.82) is 0 Å². The maximum atomic E-state index is 12.2. The van der Waals surface area contributed by atoms with Crippen LogP contribution in [0.3, 0.4) is 0 Å². The number of carbonyl (C=O) groups excluding carboxylic acids is 4. The van der Waals surface area contributed by atoms with Gasteiger partial charge in [-0.15, -0.1) is 0 Å². The van der Waals surface area contributed by atoms with Gasteiger partial charge in [0, 0.05) is 74.4 Å². The SMILES string of the molecule is O=C(CCCC(=O)NCCCNC(=O)C[n+]1ccc(-c2ccco2)cc1)NCCCNC(=O)C[n+]1ccc(-c2ccco2)cc1. The van der Waals surface area contributed by atoms with Crippen molar-refractivity contribution in [2.24, 2.45) is 0 Å². The lowest BCUT2D eigenvalue weighted by atomic mass is 10.2. The minimum Gasteiger partial charge on any atom is -0.464 e. The minimum absolute atomic E-state index is 0.114. The van der Waals surface area contributed by atoms with Crippen LogP contribution in [0.2, 0.25) is 0 Å². The Morgan fingerprint density at radius 2 is 0.889 bits per heavy atom. The van der Waals surface area contributed by atoms with Crippen LogP contribution in [-0.2, 0) is 32.3 Å². The van der Waals surface area contributed by atoms with Crippen molar-refractivity contribution in [2.75, 3.05) is 26.2 Å². The first-order valence-electron chi connectivity index (χ1n) is 15.1. The smallest absolute Gasteiger partial charge is 0.285 e. The van der Waals surface area contributed by atoms with Crippen LogP contribution in [0.15, 0.2) is 94.7 Å². The number of carbonyl (C=O) groups is 4. The average Bonchev–Trinajstić information content (AvgIpc) is 3.77. The summed E-state index contributed by atoms with van der Waals surface area (Å²) in [4.78, 5) is 48.5. The molecular weight excluding hydrogens is 576 g/mol. The second-order valence-corrected chi connectivity index (χ2v) is 10.4. The standard InChI is InChI=1S/C33H38N6O6/c40-30(34-14-4-16-36-32(42)24-38-18-10-26(11-19-38)28-6-2-22-44-28)8-1-9-31(41)35-15-5-17-37-33(43)25-39-20-12-27(13-21-39)29-7-3-23-45-29/h2-3,6-7,10-13,18-23H,1,4-5,8-9,14-17,24-25H2,(H2-2,34,35,36,37,40,41,42,43)/p+2. The molecule has 236 valence electrons. The van der Waals surface area contributed by atoms with Crippen LogP contribution in [0, 0.1) is 0 Å². The molecule has 45 heavy (non-hydrogen) atoms. The Hall–Kier alpha value is -5.26. The molecule has 12 nitrogen and oxygen atoms in total. The number of pyridine rings is 2. The fraction of sp³-hybridized carbons (Fsp3) is 0.333. The van der Waals surface area contributed by atoms with Gasteiger partial charge in [0.2, 0.25) is 24.9 Å². The zero-order chi connectivity index (χ0) is 31.7. The lowest BCUT2D eigenvalue weighted by molar-refractivity contribution is -0.684. The molecule has 4 rings (SSSR count). The molecule has 0 atom stereocenters. The topological polar surface area (TPSA) is 150 Å². The third-order valence-corrected chi connectivity index (χ3v) is 6.85. The number of aromatic nitrogens is 2. The number of hydrogen-bond donors (Lipinski definition) is 4. The maximum absolute atomic E-state index is 12.2. The van der Waals surface area contributed by atoms with E-state index in [-0.39, 0.29) is 49.6 Å². The van der Waals surface area contributed by atoms with Gasteiger partial charge in [0.05, 0.1) is 12.5 Å². The molecule has 0 unspecified atom stereocenters. The van der Waals surface area contributed by atoms with E-state index in [9.17, 15) is 19.2 Å².